The van der Waals surface area contributed by atoms with Crippen molar-refractivity contribution in [3.63, 3.8) is 0 Å². The SMILES string of the molecule is CC(C)C(Cc1ccccc1)(C(=O)O)C(=O)O.[LiH].[NaH]. The summed E-state index contributed by atoms with van der Waals surface area (Å²) in [7, 11) is 0. The Hall–Kier alpha value is -0.243. The summed E-state index contributed by atoms with van der Waals surface area (Å²) in [6, 6.07) is 8.82. The van der Waals surface area contributed by atoms with Gasteiger partial charge in [0.15, 0.2) is 5.41 Å². The zero-order chi connectivity index (χ0) is 13.1. The van der Waals surface area contributed by atoms with E-state index >= 15 is 0 Å². The predicted octanol–water partition coefficient (Wildman–Crippen LogP) is 0.744. The summed E-state index contributed by atoms with van der Waals surface area (Å²) in [5, 5.41) is 18.5. The van der Waals surface area contributed by atoms with Gasteiger partial charge >= 0.3 is 60.4 Å². The number of benzene rings is 1. The third kappa shape index (κ3) is 4.66. The second-order valence-electron chi connectivity index (χ2n) is 4.40. The van der Waals surface area contributed by atoms with Crippen LogP contribution in [0.25, 0.3) is 0 Å². The Labute approximate surface area is 147 Å². The van der Waals surface area contributed by atoms with Crippen LogP contribution in [0, 0.1) is 11.3 Å². The molecule has 0 aromatic heterocycles. The Kier molecular flexibility index (Phi) is 9.79. The van der Waals surface area contributed by atoms with Gasteiger partial charge in [0.25, 0.3) is 0 Å². The fraction of sp³-hybridized carbons (Fsp3) is 0.385. The molecule has 0 heterocycles. The first kappa shape index (κ1) is 21.1. The summed E-state index contributed by atoms with van der Waals surface area (Å²) in [6.45, 7) is 3.23. The number of hydrogen-bond acceptors (Lipinski definition) is 2. The normalized spacial score (nSPS) is 10.3. The van der Waals surface area contributed by atoms with Gasteiger partial charge in [0.1, 0.15) is 0 Å². The van der Waals surface area contributed by atoms with Gasteiger partial charge in [-0.1, -0.05) is 44.2 Å². The van der Waals surface area contributed by atoms with Gasteiger partial charge in [-0.25, -0.2) is 0 Å². The summed E-state index contributed by atoms with van der Waals surface area (Å²) in [5.74, 6) is -3.06. The molecule has 0 unspecified atom stereocenters. The maximum atomic E-state index is 11.3. The molecule has 0 aliphatic carbocycles. The van der Waals surface area contributed by atoms with E-state index in [1.54, 1.807) is 38.1 Å². The van der Waals surface area contributed by atoms with Crippen molar-refractivity contribution in [1.82, 2.24) is 0 Å². The Bertz CT molecular complexity index is 406. The van der Waals surface area contributed by atoms with Crippen LogP contribution < -0.4 is 0 Å². The van der Waals surface area contributed by atoms with E-state index in [-0.39, 0.29) is 54.8 Å². The molecule has 0 saturated carbocycles. The second-order valence-corrected chi connectivity index (χ2v) is 4.40. The summed E-state index contributed by atoms with van der Waals surface area (Å²) in [6.07, 6.45) is -0.00380. The fourth-order valence-corrected chi connectivity index (χ4v) is 1.86. The van der Waals surface area contributed by atoms with E-state index in [9.17, 15) is 19.8 Å². The number of hydrogen-bond donors (Lipinski definition) is 2. The van der Waals surface area contributed by atoms with E-state index in [0.717, 1.165) is 0 Å². The van der Waals surface area contributed by atoms with E-state index in [4.69, 9.17) is 0 Å². The van der Waals surface area contributed by atoms with E-state index < -0.39 is 23.3 Å². The second kappa shape index (κ2) is 8.83. The van der Waals surface area contributed by atoms with Crippen LogP contribution in [0.15, 0.2) is 30.3 Å². The standard InChI is InChI=1S/C13H16O4.Li.Na.2H/c1-9(2)13(11(14)15,12(16)17)8-10-6-4-3-5-7-10;;;;/h3-7,9H,8H2,1-2H3,(H,14,15)(H,16,17);;;;. The summed E-state index contributed by atoms with van der Waals surface area (Å²) in [5.41, 5.74) is -1.05. The van der Waals surface area contributed by atoms with Crippen molar-refractivity contribution in [2.24, 2.45) is 11.3 Å². The zero-order valence-corrected chi connectivity index (χ0v) is 9.88. The third-order valence-corrected chi connectivity index (χ3v) is 3.07. The van der Waals surface area contributed by atoms with Gasteiger partial charge in [-0.05, 0) is 17.9 Å². The summed E-state index contributed by atoms with van der Waals surface area (Å²) in [4.78, 5) is 22.7. The molecule has 0 bridgehead atoms. The number of carboxylic acids is 2. The van der Waals surface area contributed by atoms with Crippen molar-refractivity contribution in [2.45, 2.75) is 20.3 Å². The van der Waals surface area contributed by atoms with Crippen LogP contribution >= 0.6 is 0 Å². The zero-order valence-electron chi connectivity index (χ0n) is 9.88. The summed E-state index contributed by atoms with van der Waals surface area (Å²) >= 11 is 0. The Balaban J connectivity index is 0. The topological polar surface area (TPSA) is 74.6 Å². The molecule has 0 radical (unpaired) electrons. The average Bonchev–Trinajstić information content (AvgIpc) is 2.25. The minimum absolute atomic E-state index is 0. The number of carbonyl (C=O) groups is 2. The molecule has 6 heteroatoms. The van der Waals surface area contributed by atoms with Gasteiger partial charge in [-0.15, -0.1) is 0 Å². The molecule has 0 aliphatic heterocycles. The Morgan fingerprint density at radius 3 is 1.84 bits per heavy atom. The third-order valence-electron chi connectivity index (χ3n) is 3.07. The molecule has 0 amide bonds. The quantitative estimate of drug-likeness (QED) is 0.610. The van der Waals surface area contributed by atoms with Crippen molar-refractivity contribution in [2.75, 3.05) is 0 Å². The molecule has 19 heavy (non-hydrogen) atoms. The fourth-order valence-electron chi connectivity index (χ4n) is 1.86. The van der Waals surface area contributed by atoms with Crippen LogP contribution in [0.5, 0.6) is 0 Å². The van der Waals surface area contributed by atoms with Crippen LogP contribution in [-0.2, 0) is 16.0 Å². The molecule has 1 rings (SSSR count). The molecule has 4 nitrogen and oxygen atoms in total. The maximum absolute atomic E-state index is 11.3. The molecule has 0 fully saturated rings. The van der Waals surface area contributed by atoms with Crippen LogP contribution in [0.4, 0.5) is 0 Å². The first-order chi connectivity index (χ1) is 7.91. The van der Waals surface area contributed by atoms with Crippen molar-refractivity contribution in [3.8, 4) is 0 Å². The molecular formula is C13H18LiNaO4. The molecule has 0 aliphatic rings. The monoisotopic (exact) mass is 268 g/mol. The van der Waals surface area contributed by atoms with Gasteiger partial charge in [-0.2, -0.15) is 0 Å². The van der Waals surface area contributed by atoms with Crippen molar-refractivity contribution in [3.05, 3.63) is 35.9 Å². The molecule has 0 saturated heterocycles. The molecule has 1 aromatic carbocycles. The van der Waals surface area contributed by atoms with Gasteiger partial charge in [-0.3, -0.25) is 9.59 Å². The number of carboxylic acid groups (broad SMARTS) is 2. The van der Waals surface area contributed by atoms with Gasteiger partial charge in [0.05, 0.1) is 0 Å². The first-order valence-corrected chi connectivity index (χ1v) is 5.42. The van der Waals surface area contributed by atoms with Crippen molar-refractivity contribution < 1.29 is 19.8 Å². The van der Waals surface area contributed by atoms with E-state index in [1.165, 1.54) is 0 Å². The molecule has 2 N–H and O–H groups in total. The van der Waals surface area contributed by atoms with Crippen LogP contribution in [-0.4, -0.2) is 70.6 Å². The molecule has 0 atom stereocenters. The Morgan fingerprint density at radius 1 is 1.11 bits per heavy atom. The van der Waals surface area contributed by atoms with Crippen LogP contribution in [0.1, 0.15) is 19.4 Å². The van der Waals surface area contributed by atoms with Crippen molar-refractivity contribution >= 4 is 60.4 Å². The summed E-state index contributed by atoms with van der Waals surface area (Å²) < 4.78 is 0. The van der Waals surface area contributed by atoms with Crippen LogP contribution in [0.3, 0.4) is 0 Å². The Morgan fingerprint density at radius 2 is 1.53 bits per heavy atom. The van der Waals surface area contributed by atoms with Gasteiger partial charge in [0.2, 0.25) is 0 Å². The predicted molar refractivity (Wildman–Crippen MR) is 77.0 cm³/mol. The first-order valence-electron chi connectivity index (χ1n) is 5.42. The number of rotatable bonds is 5. The minimum atomic E-state index is -1.76. The number of aliphatic carboxylic acids is 2. The van der Waals surface area contributed by atoms with E-state index in [0.29, 0.717) is 5.56 Å². The van der Waals surface area contributed by atoms with E-state index in [2.05, 4.69) is 0 Å². The average molecular weight is 268 g/mol. The molecule has 0 spiro atoms. The van der Waals surface area contributed by atoms with E-state index in [1.807, 2.05) is 6.07 Å². The van der Waals surface area contributed by atoms with Crippen molar-refractivity contribution in [1.29, 1.82) is 0 Å². The van der Waals surface area contributed by atoms with Crippen LogP contribution in [0.2, 0.25) is 0 Å². The van der Waals surface area contributed by atoms with Gasteiger partial charge in [0, 0.05) is 0 Å². The molecular weight excluding hydrogens is 250 g/mol. The molecule has 96 valence electrons. The molecule has 1 aromatic rings. The van der Waals surface area contributed by atoms with Gasteiger partial charge < -0.3 is 10.2 Å².